The van der Waals surface area contributed by atoms with Gasteiger partial charge < -0.3 is 10.6 Å². The monoisotopic (exact) mass is 282 g/mol. The molecule has 1 saturated carbocycles. The van der Waals surface area contributed by atoms with Crippen LogP contribution in [0, 0.1) is 0 Å². The van der Waals surface area contributed by atoms with E-state index in [1.807, 2.05) is 0 Å². The van der Waals surface area contributed by atoms with Crippen LogP contribution in [0.1, 0.15) is 19.3 Å². The Morgan fingerprint density at radius 3 is 2.63 bits per heavy atom. The predicted molar refractivity (Wildman–Crippen MR) is 73.8 cm³/mol. The third-order valence-corrected chi connectivity index (χ3v) is 4.05. The van der Waals surface area contributed by atoms with Crippen molar-refractivity contribution in [3.05, 3.63) is 24.3 Å². The molecule has 0 atom stereocenters. The lowest BCUT2D eigenvalue weighted by molar-refractivity contribution is -0.120. The van der Waals surface area contributed by atoms with E-state index in [0.717, 1.165) is 12.8 Å². The summed E-state index contributed by atoms with van der Waals surface area (Å²) in [5.41, 5.74) is 0.546. The lowest BCUT2D eigenvalue weighted by Gasteiger charge is -2.10. The normalized spacial score (nSPS) is 15.0. The van der Waals surface area contributed by atoms with Crippen LogP contribution >= 0.6 is 0 Å². The Morgan fingerprint density at radius 1 is 1.32 bits per heavy atom. The molecule has 0 aromatic heterocycles. The molecule has 1 aliphatic rings. The summed E-state index contributed by atoms with van der Waals surface area (Å²) in [6.07, 6.45) is 3.65. The first-order valence-electron chi connectivity index (χ1n) is 6.29. The van der Waals surface area contributed by atoms with E-state index in [2.05, 4.69) is 10.6 Å². The maximum absolute atomic E-state index is 11.6. The van der Waals surface area contributed by atoms with Crippen LogP contribution in [-0.2, 0) is 14.6 Å². The molecule has 1 aromatic carbocycles. The van der Waals surface area contributed by atoms with Gasteiger partial charge in [0.2, 0.25) is 5.91 Å². The van der Waals surface area contributed by atoms with Crippen LogP contribution in [0.5, 0.6) is 0 Å². The molecule has 6 heteroatoms. The molecule has 0 radical (unpaired) electrons. The second kappa shape index (κ2) is 5.61. The Labute approximate surface area is 113 Å². The van der Waals surface area contributed by atoms with E-state index in [4.69, 9.17) is 0 Å². The third-order valence-electron chi connectivity index (χ3n) is 2.90. The summed E-state index contributed by atoms with van der Waals surface area (Å²) >= 11 is 0. The number of hydrogen-bond donors (Lipinski definition) is 2. The number of rotatable bonds is 6. The van der Waals surface area contributed by atoms with Crippen molar-refractivity contribution in [1.29, 1.82) is 0 Å². The molecular weight excluding hydrogens is 264 g/mol. The number of sulfone groups is 1. The van der Waals surface area contributed by atoms with E-state index in [-0.39, 0.29) is 10.8 Å². The fourth-order valence-electron chi connectivity index (χ4n) is 1.77. The minimum Gasteiger partial charge on any atom is -0.383 e. The van der Waals surface area contributed by atoms with Crippen molar-refractivity contribution in [2.75, 3.05) is 18.1 Å². The fraction of sp³-hybridized carbons (Fsp3) is 0.462. The molecule has 0 spiro atoms. The van der Waals surface area contributed by atoms with Crippen molar-refractivity contribution in [2.45, 2.75) is 30.2 Å². The zero-order chi connectivity index (χ0) is 13.9. The molecule has 0 aliphatic heterocycles. The third kappa shape index (κ3) is 4.24. The van der Waals surface area contributed by atoms with Gasteiger partial charge in [-0.2, -0.15) is 0 Å². The van der Waals surface area contributed by atoms with E-state index in [1.54, 1.807) is 24.3 Å². The molecule has 2 rings (SSSR count). The number of amides is 1. The Balaban J connectivity index is 1.90. The summed E-state index contributed by atoms with van der Waals surface area (Å²) < 4.78 is 23.2. The van der Waals surface area contributed by atoms with Gasteiger partial charge in [0.05, 0.1) is 10.6 Å². The zero-order valence-corrected chi connectivity index (χ0v) is 11.7. The molecule has 104 valence electrons. The van der Waals surface area contributed by atoms with Gasteiger partial charge >= 0.3 is 0 Å². The van der Waals surface area contributed by atoms with Gasteiger partial charge in [0.15, 0.2) is 9.84 Å². The van der Waals surface area contributed by atoms with E-state index in [1.165, 1.54) is 6.26 Å². The molecule has 2 N–H and O–H groups in total. The average molecular weight is 282 g/mol. The van der Waals surface area contributed by atoms with Crippen LogP contribution in [-0.4, -0.2) is 33.2 Å². The van der Waals surface area contributed by atoms with Gasteiger partial charge in [-0.25, -0.2) is 8.42 Å². The highest BCUT2D eigenvalue weighted by atomic mass is 32.2. The minimum atomic E-state index is -3.26. The summed E-state index contributed by atoms with van der Waals surface area (Å²) in [7, 11) is -3.26. The topological polar surface area (TPSA) is 75.3 Å². The molecule has 1 aliphatic carbocycles. The minimum absolute atomic E-state index is 0.00633. The highest BCUT2D eigenvalue weighted by molar-refractivity contribution is 7.90. The van der Waals surface area contributed by atoms with Crippen LogP contribution < -0.4 is 10.6 Å². The van der Waals surface area contributed by atoms with E-state index in [9.17, 15) is 13.2 Å². The van der Waals surface area contributed by atoms with Crippen molar-refractivity contribution in [2.24, 2.45) is 0 Å². The summed E-state index contributed by atoms with van der Waals surface area (Å²) in [6, 6.07) is 7.07. The summed E-state index contributed by atoms with van der Waals surface area (Å²) in [5, 5.41) is 5.89. The van der Waals surface area contributed by atoms with Crippen LogP contribution in [0.2, 0.25) is 0 Å². The van der Waals surface area contributed by atoms with Crippen molar-refractivity contribution in [1.82, 2.24) is 5.32 Å². The van der Waals surface area contributed by atoms with Crippen molar-refractivity contribution < 1.29 is 13.2 Å². The van der Waals surface area contributed by atoms with Crippen molar-refractivity contribution in [3.63, 3.8) is 0 Å². The molecule has 5 nitrogen and oxygen atoms in total. The largest absolute Gasteiger partial charge is 0.383 e. The van der Waals surface area contributed by atoms with Crippen molar-refractivity contribution in [3.8, 4) is 0 Å². The molecule has 0 heterocycles. The molecule has 1 amide bonds. The molecule has 0 unspecified atom stereocenters. The maximum atomic E-state index is 11.6. The molecular formula is C13H18N2O3S. The number of nitrogens with one attached hydrogen (secondary N) is 2. The van der Waals surface area contributed by atoms with Gasteiger partial charge in [-0.1, -0.05) is 12.1 Å². The maximum Gasteiger partial charge on any atom is 0.221 e. The van der Waals surface area contributed by atoms with Crippen molar-refractivity contribution >= 4 is 21.4 Å². The van der Waals surface area contributed by atoms with Gasteiger partial charge in [-0.05, 0) is 25.0 Å². The Morgan fingerprint density at radius 2 is 2.00 bits per heavy atom. The second-order valence-electron chi connectivity index (χ2n) is 4.79. The predicted octanol–water partition coefficient (Wildman–Crippen LogP) is 1.17. The summed E-state index contributed by atoms with van der Waals surface area (Å²) in [6.45, 7) is 0.422. The first-order valence-corrected chi connectivity index (χ1v) is 8.18. The number of carbonyl (C=O) groups is 1. The van der Waals surface area contributed by atoms with E-state index in [0.29, 0.717) is 24.7 Å². The molecule has 0 bridgehead atoms. The second-order valence-corrected chi connectivity index (χ2v) is 6.77. The molecule has 19 heavy (non-hydrogen) atoms. The van der Waals surface area contributed by atoms with Crippen LogP contribution in [0.15, 0.2) is 29.2 Å². The standard InChI is InChI=1S/C13H18N2O3S/c1-19(17,18)12-5-3-2-4-11(12)14-9-8-13(16)15-10-6-7-10/h2-5,10,14H,6-9H2,1H3,(H,15,16). The first-order chi connectivity index (χ1) is 8.97. The smallest absolute Gasteiger partial charge is 0.221 e. The molecule has 1 fully saturated rings. The fourth-order valence-corrected chi connectivity index (χ4v) is 2.64. The quantitative estimate of drug-likeness (QED) is 0.821. The van der Waals surface area contributed by atoms with Crippen LogP contribution in [0.3, 0.4) is 0 Å². The number of benzene rings is 1. The van der Waals surface area contributed by atoms with Gasteiger partial charge in [0.25, 0.3) is 0 Å². The first kappa shape index (κ1) is 13.9. The summed E-state index contributed by atoms with van der Waals surface area (Å²) in [5.74, 6) is 0.00633. The Bertz CT molecular complexity index is 565. The average Bonchev–Trinajstić information content (AvgIpc) is 3.12. The van der Waals surface area contributed by atoms with Gasteiger partial charge in [-0.3, -0.25) is 4.79 Å². The lowest BCUT2D eigenvalue weighted by Crippen LogP contribution is -2.27. The Kier molecular flexibility index (Phi) is 4.09. The zero-order valence-electron chi connectivity index (χ0n) is 10.8. The highest BCUT2D eigenvalue weighted by Gasteiger charge is 2.22. The van der Waals surface area contributed by atoms with Gasteiger partial charge in [0, 0.05) is 25.3 Å². The van der Waals surface area contributed by atoms with E-state index < -0.39 is 9.84 Å². The van der Waals surface area contributed by atoms with E-state index >= 15 is 0 Å². The highest BCUT2D eigenvalue weighted by Crippen LogP contribution is 2.21. The molecule has 0 saturated heterocycles. The van der Waals surface area contributed by atoms with Crippen LogP contribution in [0.4, 0.5) is 5.69 Å². The number of hydrogen-bond acceptors (Lipinski definition) is 4. The number of para-hydroxylation sites is 1. The number of carbonyl (C=O) groups excluding carboxylic acids is 1. The summed E-state index contributed by atoms with van der Waals surface area (Å²) in [4.78, 5) is 11.8. The van der Waals surface area contributed by atoms with Gasteiger partial charge in [0.1, 0.15) is 0 Å². The van der Waals surface area contributed by atoms with Crippen LogP contribution in [0.25, 0.3) is 0 Å². The SMILES string of the molecule is CS(=O)(=O)c1ccccc1NCCC(=O)NC1CC1. The Hall–Kier alpha value is -1.56. The number of anilines is 1. The lowest BCUT2D eigenvalue weighted by atomic mass is 10.3. The molecule has 1 aromatic rings. The van der Waals surface area contributed by atoms with Gasteiger partial charge in [-0.15, -0.1) is 0 Å².